The maximum atomic E-state index is 12.6. The number of rotatable bonds is 5. The van der Waals surface area contributed by atoms with Crippen molar-refractivity contribution in [3.05, 3.63) is 69.5 Å². The van der Waals surface area contributed by atoms with Gasteiger partial charge in [-0.3, -0.25) is 9.59 Å². The highest BCUT2D eigenvalue weighted by Crippen LogP contribution is 2.12. The fourth-order valence-corrected chi connectivity index (χ4v) is 2.45. The molecule has 0 aliphatic rings. The Morgan fingerprint density at radius 1 is 1.20 bits per heavy atom. The highest BCUT2D eigenvalue weighted by Gasteiger charge is 2.14. The van der Waals surface area contributed by atoms with Gasteiger partial charge in [0, 0.05) is 18.8 Å². The Kier molecular flexibility index (Phi) is 4.79. The summed E-state index contributed by atoms with van der Waals surface area (Å²) in [6, 6.07) is 11.2. The molecule has 6 heteroatoms. The number of nitrogens with one attached hydrogen (secondary N) is 2. The quantitative estimate of drug-likeness (QED) is 0.749. The molecule has 1 aromatic carbocycles. The van der Waals surface area contributed by atoms with Gasteiger partial charge in [0.15, 0.2) is 0 Å². The van der Waals surface area contributed by atoms with Crippen LogP contribution >= 0.6 is 0 Å². The van der Waals surface area contributed by atoms with E-state index in [1.165, 1.54) is 6.20 Å². The number of benzene rings is 1. The highest BCUT2D eigenvalue weighted by molar-refractivity contribution is 5.96. The van der Waals surface area contributed by atoms with Crippen LogP contribution in [0.3, 0.4) is 0 Å². The molecule has 0 fully saturated rings. The number of carbonyl (C=O) groups excluding carboxylic acids is 1. The van der Waals surface area contributed by atoms with Gasteiger partial charge in [-0.05, 0) is 25.5 Å². The summed E-state index contributed by atoms with van der Waals surface area (Å²) in [6.45, 7) is 4.64. The van der Waals surface area contributed by atoms with Crippen molar-refractivity contribution in [2.24, 2.45) is 0 Å². The summed E-state index contributed by atoms with van der Waals surface area (Å²) in [5.74, 6) is -0.0787. The number of fused-ring (bicyclic) bond motifs is 1. The van der Waals surface area contributed by atoms with Gasteiger partial charge in [-0.25, -0.2) is 4.98 Å². The van der Waals surface area contributed by atoms with E-state index < -0.39 is 11.3 Å². The van der Waals surface area contributed by atoms with Crippen molar-refractivity contribution in [2.75, 3.05) is 6.61 Å². The van der Waals surface area contributed by atoms with Crippen LogP contribution in [0.25, 0.3) is 11.0 Å². The molecule has 0 bridgehead atoms. The molecular formula is C19H19N3O3. The molecular weight excluding hydrogens is 318 g/mol. The van der Waals surface area contributed by atoms with Crippen molar-refractivity contribution in [1.82, 2.24) is 15.3 Å². The molecule has 3 aromatic rings. The smallest absolute Gasteiger partial charge is 0.257 e. The number of H-pyrrole nitrogens is 1. The Morgan fingerprint density at radius 2 is 1.96 bits per heavy atom. The van der Waals surface area contributed by atoms with E-state index in [0.29, 0.717) is 24.5 Å². The zero-order valence-corrected chi connectivity index (χ0v) is 14.1. The minimum atomic E-state index is -0.438. The number of nitrogens with zero attached hydrogens (tertiary/aromatic N) is 1. The predicted molar refractivity (Wildman–Crippen MR) is 95.9 cm³/mol. The molecule has 3 rings (SSSR count). The first-order valence-electron chi connectivity index (χ1n) is 8.07. The lowest BCUT2D eigenvalue weighted by Crippen LogP contribution is -2.28. The van der Waals surface area contributed by atoms with Crippen molar-refractivity contribution >= 4 is 16.9 Å². The summed E-state index contributed by atoms with van der Waals surface area (Å²) in [6.07, 6.45) is 1.41. The normalized spacial score (nSPS) is 10.6. The van der Waals surface area contributed by atoms with Crippen LogP contribution in [0.4, 0.5) is 0 Å². The van der Waals surface area contributed by atoms with Crippen molar-refractivity contribution < 1.29 is 9.53 Å². The molecule has 1 amide bonds. The number of hydrogen-bond acceptors (Lipinski definition) is 4. The van der Waals surface area contributed by atoms with E-state index in [9.17, 15) is 9.59 Å². The molecule has 2 N–H and O–H groups in total. The summed E-state index contributed by atoms with van der Waals surface area (Å²) in [5, 5.41) is 2.76. The standard InChI is InChI=1S/C19H19N3O3/c1-3-25-16-9-8-15-17(22-16)18(23)14(11-20-15)19(24)21-10-13-6-4-12(2)5-7-13/h4-9,11H,3,10H2,1-2H3,(H,20,23)(H,21,24). The monoisotopic (exact) mass is 337 g/mol. The topological polar surface area (TPSA) is 84.1 Å². The van der Waals surface area contributed by atoms with Crippen LogP contribution in [-0.4, -0.2) is 22.5 Å². The number of aromatic nitrogens is 2. The van der Waals surface area contributed by atoms with Crippen LogP contribution in [0.5, 0.6) is 5.88 Å². The lowest BCUT2D eigenvalue weighted by molar-refractivity contribution is 0.0949. The summed E-state index contributed by atoms with van der Waals surface area (Å²) in [7, 11) is 0. The predicted octanol–water partition coefficient (Wildman–Crippen LogP) is 2.56. The van der Waals surface area contributed by atoms with Crippen LogP contribution in [0.15, 0.2) is 47.4 Å². The van der Waals surface area contributed by atoms with Crippen molar-refractivity contribution in [3.8, 4) is 5.88 Å². The van der Waals surface area contributed by atoms with E-state index in [1.807, 2.05) is 38.1 Å². The second-order valence-corrected chi connectivity index (χ2v) is 5.68. The maximum absolute atomic E-state index is 12.6. The van der Waals surface area contributed by atoms with Gasteiger partial charge in [0.2, 0.25) is 11.3 Å². The second-order valence-electron chi connectivity index (χ2n) is 5.68. The summed E-state index contributed by atoms with van der Waals surface area (Å²) >= 11 is 0. The van der Waals surface area contributed by atoms with Crippen LogP contribution in [0.1, 0.15) is 28.4 Å². The summed E-state index contributed by atoms with van der Waals surface area (Å²) in [4.78, 5) is 32.1. The molecule has 2 aromatic heterocycles. The maximum Gasteiger partial charge on any atom is 0.257 e. The number of ether oxygens (including phenoxy) is 1. The van der Waals surface area contributed by atoms with Gasteiger partial charge in [0.05, 0.1) is 12.1 Å². The average Bonchev–Trinajstić information content (AvgIpc) is 2.62. The Hall–Kier alpha value is -3.15. The minimum Gasteiger partial charge on any atom is -0.478 e. The first-order chi connectivity index (χ1) is 12.1. The van der Waals surface area contributed by atoms with Gasteiger partial charge >= 0.3 is 0 Å². The van der Waals surface area contributed by atoms with Crippen LogP contribution in [0.2, 0.25) is 0 Å². The third kappa shape index (κ3) is 3.68. The Labute approximate surface area is 144 Å². The minimum absolute atomic E-state index is 0.0285. The van der Waals surface area contributed by atoms with Crippen molar-refractivity contribution in [2.45, 2.75) is 20.4 Å². The second kappa shape index (κ2) is 7.17. The number of carbonyl (C=O) groups is 1. The lowest BCUT2D eigenvalue weighted by Gasteiger charge is -2.07. The van der Waals surface area contributed by atoms with Gasteiger partial charge in [0.1, 0.15) is 11.1 Å². The number of aryl methyl sites for hydroxylation is 1. The van der Waals surface area contributed by atoms with Crippen molar-refractivity contribution in [1.29, 1.82) is 0 Å². The van der Waals surface area contributed by atoms with Crippen molar-refractivity contribution in [3.63, 3.8) is 0 Å². The fourth-order valence-electron chi connectivity index (χ4n) is 2.45. The highest BCUT2D eigenvalue weighted by atomic mass is 16.5. The zero-order valence-electron chi connectivity index (χ0n) is 14.1. The Bertz CT molecular complexity index is 962. The van der Waals surface area contributed by atoms with E-state index in [4.69, 9.17) is 4.74 Å². The Morgan fingerprint density at radius 3 is 2.68 bits per heavy atom. The summed E-state index contributed by atoms with van der Waals surface area (Å²) < 4.78 is 5.32. The molecule has 6 nitrogen and oxygen atoms in total. The molecule has 0 unspecified atom stereocenters. The molecule has 0 aliphatic carbocycles. The van der Waals surface area contributed by atoms with Crippen LogP contribution in [-0.2, 0) is 6.54 Å². The fraction of sp³-hybridized carbons (Fsp3) is 0.211. The molecule has 0 saturated heterocycles. The third-order valence-corrected chi connectivity index (χ3v) is 3.81. The first kappa shape index (κ1) is 16.7. The molecule has 128 valence electrons. The Balaban J connectivity index is 1.84. The van der Waals surface area contributed by atoms with E-state index in [2.05, 4.69) is 15.3 Å². The number of aromatic amines is 1. The van der Waals surface area contributed by atoms with Gasteiger partial charge in [-0.1, -0.05) is 29.8 Å². The van der Waals surface area contributed by atoms with Gasteiger partial charge in [-0.15, -0.1) is 0 Å². The lowest BCUT2D eigenvalue weighted by atomic mass is 10.1. The van der Waals surface area contributed by atoms with E-state index >= 15 is 0 Å². The molecule has 0 saturated carbocycles. The van der Waals surface area contributed by atoms with Gasteiger partial charge in [0.25, 0.3) is 5.91 Å². The third-order valence-electron chi connectivity index (χ3n) is 3.81. The first-order valence-corrected chi connectivity index (χ1v) is 8.07. The van der Waals surface area contributed by atoms with Gasteiger partial charge < -0.3 is 15.0 Å². The summed E-state index contributed by atoms with van der Waals surface area (Å²) in [5.41, 5.74) is 2.47. The molecule has 2 heterocycles. The van der Waals surface area contributed by atoms with E-state index in [1.54, 1.807) is 12.1 Å². The van der Waals surface area contributed by atoms with Gasteiger partial charge in [-0.2, -0.15) is 0 Å². The molecule has 0 aliphatic heterocycles. The molecule has 0 atom stereocenters. The largest absolute Gasteiger partial charge is 0.478 e. The average molecular weight is 337 g/mol. The SMILES string of the molecule is CCOc1ccc2[nH]cc(C(=O)NCc3ccc(C)cc3)c(=O)c2n1. The van der Waals surface area contributed by atoms with E-state index in [-0.39, 0.29) is 11.1 Å². The van der Waals surface area contributed by atoms with Crippen LogP contribution < -0.4 is 15.5 Å². The molecule has 25 heavy (non-hydrogen) atoms. The van der Waals surface area contributed by atoms with Crippen LogP contribution in [0, 0.1) is 6.92 Å². The van der Waals surface area contributed by atoms with E-state index in [0.717, 1.165) is 11.1 Å². The molecule has 0 radical (unpaired) electrons. The number of pyridine rings is 2. The number of amides is 1. The molecule has 0 spiro atoms. The zero-order chi connectivity index (χ0) is 17.8. The number of hydrogen-bond donors (Lipinski definition) is 2.